The first-order chi connectivity index (χ1) is 5.27. The second-order valence-electron chi connectivity index (χ2n) is 2.09. The van der Waals surface area contributed by atoms with E-state index < -0.39 is 0 Å². The molecule has 0 spiro atoms. The van der Waals surface area contributed by atoms with Gasteiger partial charge in [0.05, 0.1) is 13.3 Å². The lowest BCUT2D eigenvalue weighted by Crippen LogP contribution is -2.24. The second-order valence-corrected chi connectivity index (χ2v) is 2.09. The van der Waals surface area contributed by atoms with Crippen molar-refractivity contribution in [3.63, 3.8) is 0 Å². The second kappa shape index (κ2) is 7.65. The van der Waals surface area contributed by atoms with Crippen molar-refractivity contribution in [2.75, 3.05) is 26.7 Å². The van der Waals surface area contributed by atoms with Gasteiger partial charge in [-0.2, -0.15) is 0 Å². The third-order valence-electron chi connectivity index (χ3n) is 0.949. The van der Waals surface area contributed by atoms with Crippen LogP contribution in [0.1, 0.15) is 13.8 Å². The first kappa shape index (κ1) is 10.6. The first-order valence-electron chi connectivity index (χ1n) is 3.63. The van der Waals surface area contributed by atoms with Crippen molar-refractivity contribution < 1.29 is 14.3 Å². The lowest BCUT2D eigenvalue weighted by molar-refractivity contribution is -0.117. The zero-order valence-corrected chi connectivity index (χ0v) is 7.05. The average Bonchev–Trinajstić information content (AvgIpc) is 1.96. The van der Waals surface area contributed by atoms with E-state index in [1.807, 2.05) is 6.92 Å². The van der Waals surface area contributed by atoms with Crippen LogP contribution in [0.25, 0.3) is 0 Å². The van der Waals surface area contributed by atoms with Gasteiger partial charge in [0.2, 0.25) is 0 Å². The Morgan fingerprint density at radius 1 is 1.45 bits per heavy atom. The Morgan fingerprint density at radius 3 is 2.73 bits per heavy atom. The monoisotopic (exact) mass is 161 g/mol. The van der Waals surface area contributed by atoms with Crippen LogP contribution in [0, 0.1) is 0 Å². The molecule has 1 N–H and O–H groups in total. The summed E-state index contributed by atoms with van der Waals surface area (Å²) < 4.78 is 9.83. The Hall–Kier alpha value is -0.450. The van der Waals surface area contributed by atoms with E-state index in [2.05, 4.69) is 5.32 Å². The zero-order valence-electron chi connectivity index (χ0n) is 7.05. The fraction of sp³-hybridized carbons (Fsp3) is 0.857. The lowest BCUT2D eigenvalue weighted by Gasteiger charge is -2.03. The zero-order chi connectivity index (χ0) is 8.53. The van der Waals surface area contributed by atoms with E-state index in [1.165, 1.54) is 6.92 Å². The maximum atomic E-state index is 10.4. The number of Topliss-reactive ketones (excluding diaryl/α,β-unsaturated/α-hetero) is 1. The number of hydrogen-bond donors (Lipinski definition) is 1. The van der Waals surface area contributed by atoms with Crippen molar-refractivity contribution in [1.29, 1.82) is 0 Å². The van der Waals surface area contributed by atoms with Gasteiger partial charge in [-0.3, -0.25) is 10.1 Å². The molecule has 0 saturated heterocycles. The fourth-order valence-corrected chi connectivity index (χ4v) is 0.483. The van der Waals surface area contributed by atoms with E-state index in [-0.39, 0.29) is 12.6 Å². The minimum absolute atomic E-state index is 0.102. The molecule has 0 unspecified atom stereocenters. The Bertz CT molecular complexity index is 106. The lowest BCUT2D eigenvalue weighted by atomic mass is 10.5. The summed E-state index contributed by atoms with van der Waals surface area (Å²) >= 11 is 0. The highest BCUT2D eigenvalue weighted by Crippen LogP contribution is 1.74. The van der Waals surface area contributed by atoms with E-state index in [0.717, 1.165) is 0 Å². The molecule has 0 amide bonds. The Labute approximate surface area is 66.9 Å². The van der Waals surface area contributed by atoms with Crippen LogP contribution in [0.4, 0.5) is 0 Å². The number of carbonyl (C=O) groups is 1. The summed E-state index contributed by atoms with van der Waals surface area (Å²) in [5, 5.41) is 2.79. The Morgan fingerprint density at radius 2 is 2.18 bits per heavy atom. The molecule has 0 heterocycles. The van der Waals surface area contributed by atoms with E-state index in [1.54, 1.807) is 0 Å². The number of hydrogen-bond acceptors (Lipinski definition) is 4. The summed E-state index contributed by atoms with van der Waals surface area (Å²) in [7, 11) is 0. The van der Waals surface area contributed by atoms with Gasteiger partial charge in [0, 0.05) is 6.61 Å². The Balaban J connectivity index is 2.85. The van der Waals surface area contributed by atoms with Crippen LogP contribution in [0.3, 0.4) is 0 Å². The number of rotatable bonds is 7. The van der Waals surface area contributed by atoms with Crippen LogP contribution in [0.2, 0.25) is 0 Å². The van der Waals surface area contributed by atoms with E-state index in [0.29, 0.717) is 19.9 Å². The van der Waals surface area contributed by atoms with Crippen molar-refractivity contribution in [3.05, 3.63) is 0 Å². The molecule has 0 aromatic rings. The van der Waals surface area contributed by atoms with E-state index >= 15 is 0 Å². The van der Waals surface area contributed by atoms with Crippen LogP contribution in [0.15, 0.2) is 0 Å². The summed E-state index contributed by atoms with van der Waals surface area (Å²) in [6, 6.07) is 0. The molecule has 4 nitrogen and oxygen atoms in total. The molecule has 0 aliphatic heterocycles. The summed E-state index contributed by atoms with van der Waals surface area (Å²) in [5.74, 6) is 0.102. The molecule has 0 rings (SSSR count). The molecule has 0 bridgehead atoms. The highest BCUT2D eigenvalue weighted by molar-refractivity contribution is 5.77. The molecule has 0 radical (unpaired) electrons. The smallest absolute Gasteiger partial charge is 0.148 e. The molecule has 11 heavy (non-hydrogen) atoms. The number of nitrogens with one attached hydrogen (secondary N) is 1. The molecule has 0 saturated carbocycles. The number of ether oxygens (including phenoxy) is 2. The van der Waals surface area contributed by atoms with Crippen molar-refractivity contribution in [1.82, 2.24) is 5.32 Å². The Kier molecular flexibility index (Phi) is 7.34. The molecule has 4 heteroatoms. The molecule has 0 aliphatic rings. The molecule has 0 aromatic carbocycles. The number of carbonyl (C=O) groups excluding carboxylic acids is 1. The van der Waals surface area contributed by atoms with Crippen LogP contribution in [0.5, 0.6) is 0 Å². The summed E-state index contributed by atoms with van der Waals surface area (Å²) in [6.45, 7) is 5.06. The highest BCUT2D eigenvalue weighted by atomic mass is 16.7. The average molecular weight is 161 g/mol. The predicted molar refractivity (Wildman–Crippen MR) is 41.1 cm³/mol. The van der Waals surface area contributed by atoms with Gasteiger partial charge in [-0.05, 0) is 13.8 Å². The SMILES string of the molecule is CCOCOCNCC(C)=O. The summed E-state index contributed by atoms with van der Waals surface area (Å²) in [5.41, 5.74) is 0. The summed E-state index contributed by atoms with van der Waals surface area (Å²) in [4.78, 5) is 10.4. The minimum atomic E-state index is 0.102. The van der Waals surface area contributed by atoms with Gasteiger partial charge < -0.3 is 9.47 Å². The molecule has 0 aliphatic carbocycles. The topological polar surface area (TPSA) is 47.6 Å². The van der Waals surface area contributed by atoms with Crippen LogP contribution in [-0.2, 0) is 14.3 Å². The van der Waals surface area contributed by atoms with Gasteiger partial charge in [-0.1, -0.05) is 0 Å². The predicted octanol–water partition coefficient (Wildman–Crippen LogP) is 0.133. The molecular formula is C7H15NO3. The van der Waals surface area contributed by atoms with Crippen LogP contribution in [-0.4, -0.2) is 32.5 Å². The standard InChI is InChI=1S/C7H15NO3/c1-3-10-6-11-5-8-4-7(2)9/h8H,3-6H2,1-2H3. The van der Waals surface area contributed by atoms with Gasteiger partial charge >= 0.3 is 0 Å². The van der Waals surface area contributed by atoms with Gasteiger partial charge in [-0.25, -0.2) is 0 Å². The molecule has 66 valence electrons. The normalized spacial score (nSPS) is 10.0. The minimum Gasteiger partial charge on any atom is -0.356 e. The maximum Gasteiger partial charge on any atom is 0.148 e. The van der Waals surface area contributed by atoms with Crippen molar-refractivity contribution in [3.8, 4) is 0 Å². The largest absolute Gasteiger partial charge is 0.356 e. The molecular weight excluding hydrogens is 146 g/mol. The maximum absolute atomic E-state index is 10.4. The van der Waals surface area contributed by atoms with Crippen LogP contribution >= 0.6 is 0 Å². The van der Waals surface area contributed by atoms with Gasteiger partial charge in [0.1, 0.15) is 12.6 Å². The third kappa shape index (κ3) is 9.55. The molecule has 0 aromatic heterocycles. The highest BCUT2D eigenvalue weighted by Gasteiger charge is 1.90. The fourth-order valence-electron chi connectivity index (χ4n) is 0.483. The first-order valence-corrected chi connectivity index (χ1v) is 3.63. The van der Waals surface area contributed by atoms with Gasteiger partial charge in [0.15, 0.2) is 0 Å². The third-order valence-corrected chi connectivity index (χ3v) is 0.949. The van der Waals surface area contributed by atoms with Gasteiger partial charge in [-0.15, -0.1) is 0 Å². The molecule has 0 atom stereocenters. The van der Waals surface area contributed by atoms with Gasteiger partial charge in [0.25, 0.3) is 0 Å². The molecule has 0 fully saturated rings. The van der Waals surface area contributed by atoms with Crippen molar-refractivity contribution >= 4 is 5.78 Å². The van der Waals surface area contributed by atoms with Crippen LogP contribution < -0.4 is 5.32 Å². The van der Waals surface area contributed by atoms with Crippen molar-refractivity contribution in [2.45, 2.75) is 13.8 Å². The van der Waals surface area contributed by atoms with E-state index in [9.17, 15) is 4.79 Å². The van der Waals surface area contributed by atoms with Crippen molar-refractivity contribution in [2.24, 2.45) is 0 Å². The number of ketones is 1. The van der Waals surface area contributed by atoms with E-state index in [4.69, 9.17) is 9.47 Å². The quantitative estimate of drug-likeness (QED) is 0.426. The summed E-state index contributed by atoms with van der Waals surface area (Å²) in [6.07, 6.45) is 0.